The molecule has 2 aromatic rings. The lowest BCUT2D eigenvalue weighted by Crippen LogP contribution is -2.45. The molecule has 0 saturated carbocycles. The first-order valence-corrected chi connectivity index (χ1v) is 9.49. The van der Waals surface area contributed by atoms with E-state index in [-0.39, 0.29) is 24.6 Å². The standard InChI is InChI=1S/C21H25N3O4/c25-20(26)10-9-17(14-16-6-2-1-3-7-16)23-21(27)24-13-11-18(15-24)28-19-8-4-5-12-22-19/h1-8,12,17-18H,9-11,13-15H2,(H,23,27)(H,25,26). The molecule has 1 aromatic heterocycles. The number of likely N-dealkylation sites (tertiary alicyclic amines) is 1. The SMILES string of the molecule is O=C(O)CCC(Cc1ccccc1)NC(=O)N1CCC(Oc2ccccn2)C1. The van der Waals surface area contributed by atoms with E-state index in [1.54, 1.807) is 17.2 Å². The zero-order chi connectivity index (χ0) is 19.8. The van der Waals surface area contributed by atoms with Crippen LogP contribution < -0.4 is 10.1 Å². The van der Waals surface area contributed by atoms with Crippen molar-refractivity contribution in [3.63, 3.8) is 0 Å². The van der Waals surface area contributed by atoms with Crippen LogP contribution in [-0.4, -0.2) is 52.2 Å². The summed E-state index contributed by atoms with van der Waals surface area (Å²) in [5, 5.41) is 12.0. The number of aliphatic carboxylic acids is 1. The minimum atomic E-state index is -0.864. The number of hydrogen-bond donors (Lipinski definition) is 2. The second kappa shape index (κ2) is 9.73. The lowest BCUT2D eigenvalue weighted by molar-refractivity contribution is -0.137. The molecule has 28 heavy (non-hydrogen) atoms. The number of nitrogens with zero attached hydrogens (tertiary/aromatic N) is 2. The van der Waals surface area contributed by atoms with Crippen LogP contribution in [0.3, 0.4) is 0 Å². The summed E-state index contributed by atoms with van der Waals surface area (Å²) >= 11 is 0. The van der Waals surface area contributed by atoms with Gasteiger partial charge in [-0.05, 0) is 24.5 Å². The molecule has 0 aliphatic carbocycles. The van der Waals surface area contributed by atoms with Gasteiger partial charge < -0.3 is 20.1 Å². The molecule has 2 heterocycles. The summed E-state index contributed by atoms with van der Waals surface area (Å²) in [4.78, 5) is 29.5. The third-order valence-electron chi connectivity index (χ3n) is 4.72. The number of pyridine rings is 1. The first-order valence-electron chi connectivity index (χ1n) is 9.49. The van der Waals surface area contributed by atoms with Crippen LogP contribution in [0.1, 0.15) is 24.8 Å². The zero-order valence-corrected chi connectivity index (χ0v) is 15.7. The van der Waals surface area contributed by atoms with E-state index in [0.717, 1.165) is 12.0 Å². The number of carboxylic acids is 1. The van der Waals surface area contributed by atoms with Crippen molar-refractivity contribution in [2.45, 2.75) is 37.8 Å². The van der Waals surface area contributed by atoms with Gasteiger partial charge in [0.25, 0.3) is 0 Å². The molecule has 1 fully saturated rings. The Kier molecular flexibility index (Phi) is 6.84. The second-order valence-corrected chi connectivity index (χ2v) is 6.91. The fraction of sp³-hybridized carbons (Fsp3) is 0.381. The van der Waals surface area contributed by atoms with Crippen LogP contribution in [0.15, 0.2) is 54.7 Å². The molecule has 0 radical (unpaired) electrons. The lowest BCUT2D eigenvalue weighted by Gasteiger charge is -2.23. The van der Waals surface area contributed by atoms with Crippen LogP contribution in [0.2, 0.25) is 0 Å². The fourth-order valence-electron chi connectivity index (χ4n) is 3.28. The van der Waals surface area contributed by atoms with E-state index in [1.165, 1.54) is 0 Å². The van der Waals surface area contributed by atoms with Gasteiger partial charge in [-0.25, -0.2) is 9.78 Å². The van der Waals surface area contributed by atoms with E-state index < -0.39 is 5.97 Å². The predicted molar refractivity (Wildman–Crippen MR) is 104 cm³/mol. The maximum Gasteiger partial charge on any atom is 0.317 e. The number of amides is 2. The lowest BCUT2D eigenvalue weighted by atomic mass is 10.0. The molecule has 148 valence electrons. The van der Waals surface area contributed by atoms with Crippen molar-refractivity contribution in [1.82, 2.24) is 15.2 Å². The number of rotatable bonds is 8. The third-order valence-corrected chi connectivity index (χ3v) is 4.72. The fourth-order valence-corrected chi connectivity index (χ4v) is 3.28. The number of ether oxygens (including phenoxy) is 1. The van der Waals surface area contributed by atoms with Gasteiger partial charge in [0.1, 0.15) is 6.10 Å². The van der Waals surface area contributed by atoms with Gasteiger partial charge in [-0.15, -0.1) is 0 Å². The first-order chi connectivity index (χ1) is 13.6. The summed E-state index contributed by atoms with van der Waals surface area (Å²) in [5.74, 6) is -0.310. The third kappa shape index (κ3) is 5.97. The number of benzene rings is 1. The van der Waals surface area contributed by atoms with Crippen LogP contribution >= 0.6 is 0 Å². The summed E-state index contributed by atoms with van der Waals surface area (Å²) in [6.07, 6.45) is 3.32. The smallest absolute Gasteiger partial charge is 0.317 e. The molecule has 0 spiro atoms. The first kappa shape index (κ1) is 19.7. The van der Waals surface area contributed by atoms with Crippen molar-refractivity contribution in [3.05, 3.63) is 60.3 Å². The van der Waals surface area contributed by atoms with Crippen molar-refractivity contribution in [1.29, 1.82) is 0 Å². The zero-order valence-electron chi connectivity index (χ0n) is 15.7. The van der Waals surface area contributed by atoms with Crippen molar-refractivity contribution in [3.8, 4) is 5.88 Å². The highest BCUT2D eigenvalue weighted by molar-refractivity contribution is 5.75. The molecule has 2 N–H and O–H groups in total. The summed E-state index contributed by atoms with van der Waals surface area (Å²) in [6.45, 7) is 1.08. The van der Waals surface area contributed by atoms with Crippen LogP contribution in [0.5, 0.6) is 5.88 Å². The Hall–Kier alpha value is -3.09. The molecule has 1 saturated heterocycles. The monoisotopic (exact) mass is 383 g/mol. The molecule has 1 aliphatic rings. The summed E-state index contributed by atoms with van der Waals surface area (Å²) in [5.41, 5.74) is 1.07. The van der Waals surface area contributed by atoms with Gasteiger partial charge >= 0.3 is 12.0 Å². The molecular formula is C21H25N3O4. The molecule has 1 aromatic carbocycles. The summed E-state index contributed by atoms with van der Waals surface area (Å²) in [7, 11) is 0. The van der Waals surface area contributed by atoms with E-state index in [1.807, 2.05) is 42.5 Å². The second-order valence-electron chi connectivity index (χ2n) is 6.91. The number of aromatic nitrogens is 1. The quantitative estimate of drug-likeness (QED) is 0.731. The number of carboxylic acid groups (broad SMARTS) is 1. The van der Waals surface area contributed by atoms with Gasteiger partial charge in [-0.1, -0.05) is 36.4 Å². The molecule has 7 heteroatoms. The Morgan fingerprint density at radius 2 is 2.00 bits per heavy atom. The number of carbonyl (C=O) groups excluding carboxylic acids is 1. The Labute approximate surface area is 164 Å². The van der Waals surface area contributed by atoms with Gasteiger partial charge in [0, 0.05) is 37.7 Å². The van der Waals surface area contributed by atoms with Crippen LogP contribution in [0, 0.1) is 0 Å². The molecular weight excluding hydrogens is 358 g/mol. The van der Waals surface area contributed by atoms with Gasteiger partial charge in [0.2, 0.25) is 5.88 Å². The van der Waals surface area contributed by atoms with E-state index >= 15 is 0 Å². The molecule has 7 nitrogen and oxygen atoms in total. The Morgan fingerprint density at radius 1 is 1.21 bits per heavy atom. The van der Waals surface area contributed by atoms with Crippen molar-refractivity contribution < 1.29 is 19.4 Å². The van der Waals surface area contributed by atoms with Gasteiger partial charge in [-0.2, -0.15) is 0 Å². The van der Waals surface area contributed by atoms with Crippen molar-refractivity contribution in [2.75, 3.05) is 13.1 Å². The Morgan fingerprint density at radius 3 is 2.71 bits per heavy atom. The Balaban J connectivity index is 1.54. The minimum Gasteiger partial charge on any atom is -0.481 e. The molecule has 2 amide bonds. The van der Waals surface area contributed by atoms with E-state index in [9.17, 15) is 9.59 Å². The van der Waals surface area contributed by atoms with E-state index in [0.29, 0.717) is 31.8 Å². The molecule has 2 unspecified atom stereocenters. The van der Waals surface area contributed by atoms with Gasteiger partial charge in [0.05, 0.1) is 6.54 Å². The summed E-state index contributed by atoms with van der Waals surface area (Å²) in [6, 6.07) is 14.8. The molecule has 3 rings (SSSR count). The summed E-state index contributed by atoms with van der Waals surface area (Å²) < 4.78 is 5.82. The molecule has 0 bridgehead atoms. The number of hydrogen-bond acceptors (Lipinski definition) is 4. The molecule has 2 atom stereocenters. The van der Waals surface area contributed by atoms with Crippen LogP contribution in [0.4, 0.5) is 4.79 Å². The van der Waals surface area contributed by atoms with Crippen LogP contribution in [0.25, 0.3) is 0 Å². The van der Waals surface area contributed by atoms with Gasteiger partial charge in [-0.3, -0.25) is 4.79 Å². The molecule has 1 aliphatic heterocycles. The normalized spacial score (nSPS) is 17.1. The maximum absolute atomic E-state index is 12.7. The van der Waals surface area contributed by atoms with Crippen molar-refractivity contribution >= 4 is 12.0 Å². The Bertz CT molecular complexity index is 770. The van der Waals surface area contributed by atoms with Crippen LogP contribution in [-0.2, 0) is 11.2 Å². The predicted octanol–water partition coefficient (Wildman–Crippen LogP) is 2.72. The van der Waals surface area contributed by atoms with E-state index in [4.69, 9.17) is 9.84 Å². The largest absolute Gasteiger partial charge is 0.481 e. The minimum absolute atomic E-state index is 0.0171. The van der Waals surface area contributed by atoms with Crippen molar-refractivity contribution in [2.24, 2.45) is 0 Å². The number of urea groups is 1. The average Bonchev–Trinajstić information content (AvgIpc) is 3.16. The topological polar surface area (TPSA) is 91.8 Å². The number of carbonyl (C=O) groups is 2. The van der Waals surface area contributed by atoms with E-state index in [2.05, 4.69) is 10.3 Å². The highest BCUT2D eigenvalue weighted by atomic mass is 16.5. The highest BCUT2D eigenvalue weighted by Crippen LogP contribution is 2.17. The number of nitrogens with one attached hydrogen (secondary N) is 1. The highest BCUT2D eigenvalue weighted by Gasteiger charge is 2.29. The average molecular weight is 383 g/mol. The maximum atomic E-state index is 12.7. The van der Waals surface area contributed by atoms with Gasteiger partial charge in [0.15, 0.2) is 0 Å².